The topological polar surface area (TPSA) is 108 Å². The predicted molar refractivity (Wildman–Crippen MR) is 104 cm³/mol. The molecule has 0 aliphatic carbocycles. The van der Waals surface area contributed by atoms with Crippen LogP contribution in [0.15, 0.2) is 54.7 Å². The van der Waals surface area contributed by atoms with Crippen molar-refractivity contribution in [3.63, 3.8) is 0 Å². The standard InChI is InChI=1S/C20H18N4O4/c25-19-11-16(20(26)23(19)17-7-3-4-8-18(17)24(27)28)21-10-9-13-12-22-15-6-2-1-5-14(13)15/h1-8,12,16,21-22H,9-11H2/t16-/m0/s1. The molecule has 2 aromatic carbocycles. The summed E-state index contributed by atoms with van der Waals surface area (Å²) in [5, 5.41) is 15.5. The number of para-hydroxylation sites is 3. The number of aromatic amines is 1. The number of fused-ring (bicyclic) bond motifs is 1. The largest absolute Gasteiger partial charge is 0.361 e. The Morgan fingerprint density at radius 1 is 1.14 bits per heavy atom. The lowest BCUT2D eigenvalue weighted by Gasteiger charge is -2.15. The molecule has 142 valence electrons. The lowest BCUT2D eigenvalue weighted by atomic mass is 10.1. The van der Waals surface area contributed by atoms with Crippen LogP contribution in [0.4, 0.5) is 11.4 Å². The number of nitro groups is 1. The second-order valence-electron chi connectivity index (χ2n) is 6.63. The molecule has 0 spiro atoms. The molecule has 1 saturated heterocycles. The number of nitrogens with zero attached hydrogens (tertiary/aromatic N) is 2. The van der Waals surface area contributed by atoms with E-state index in [1.54, 1.807) is 6.07 Å². The molecule has 1 fully saturated rings. The van der Waals surface area contributed by atoms with Gasteiger partial charge in [0.15, 0.2) is 0 Å². The molecule has 0 unspecified atom stereocenters. The van der Waals surface area contributed by atoms with Crippen LogP contribution >= 0.6 is 0 Å². The van der Waals surface area contributed by atoms with Crippen molar-refractivity contribution in [1.29, 1.82) is 0 Å². The zero-order chi connectivity index (χ0) is 19.7. The Bertz CT molecular complexity index is 1070. The summed E-state index contributed by atoms with van der Waals surface area (Å²) in [6.07, 6.45) is 2.61. The molecule has 28 heavy (non-hydrogen) atoms. The highest BCUT2D eigenvalue weighted by molar-refractivity contribution is 6.23. The molecule has 1 aliphatic heterocycles. The van der Waals surface area contributed by atoms with Gasteiger partial charge in [0.2, 0.25) is 5.91 Å². The highest BCUT2D eigenvalue weighted by Gasteiger charge is 2.41. The van der Waals surface area contributed by atoms with Gasteiger partial charge in [0.25, 0.3) is 11.6 Å². The molecule has 0 saturated carbocycles. The first-order valence-corrected chi connectivity index (χ1v) is 8.95. The first-order chi connectivity index (χ1) is 13.6. The predicted octanol–water partition coefficient (Wildman–Crippen LogP) is 2.54. The molecule has 3 aromatic rings. The van der Waals surface area contributed by atoms with Crippen LogP contribution in [0.25, 0.3) is 10.9 Å². The molecule has 1 aromatic heterocycles. The number of hydrogen-bond acceptors (Lipinski definition) is 5. The molecular weight excluding hydrogens is 360 g/mol. The van der Waals surface area contributed by atoms with Gasteiger partial charge in [0, 0.05) is 29.7 Å². The number of anilines is 1. The van der Waals surface area contributed by atoms with E-state index in [1.807, 2.05) is 30.5 Å². The highest BCUT2D eigenvalue weighted by Crippen LogP contribution is 2.31. The second-order valence-corrected chi connectivity index (χ2v) is 6.63. The van der Waals surface area contributed by atoms with Crippen LogP contribution in [0.1, 0.15) is 12.0 Å². The molecule has 1 atom stereocenters. The maximum atomic E-state index is 12.7. The van der Waals surface area contributed by atoms with Crippen molar-refractivity contribution >= 4 is 34.1 Å². The molecule has 1 aliphatic rings. The summed E-state index contributed by atoms with van der Waals surface area (Å²) in [4.78, 5) is 39.8. The average molecular weight is 378 g/mol. The van der Waals surface area contributed by atoms with E-state index in [9.17, 15) is 19.7 Å². The number of benzene rings is 2. The number of imide groups is 1. The summed E-state index contributed by atoms with van der Waals surface area (Å²) in [6, 6.07) is 13.0. The van der Waals surface area contributed by atoms with E-state index in [2.05, 4.69) is 10.3 Å². The van der Waals surface area contributed by atoms with E-state index in [4.69, 9.17) is 0 Å². The Balaban J connectivity index is 1.45. The summed E-state index contributed by atoms with van der Waals surface area (Å²) in [7, 11) is 0. The summed E-state index contributed by atoms with van der Waals surface area (Å²) in [6.45, 7) is 0.510. The number of aromatic nitrogens is 1. The van der Waals surface area contributed by atoms with E-state index in [-0.39, 0.29) is 17.8 Å². The Morgan fingerprint density at radius 2 is 1.89 bits per heavy atom. The van der Waals surface area contributed by atoms with Crippen molar-refractivity contribution in [2.75, 3.05) is 11.4 Å². The number of nitro benzene ring substituents is 1. The maximum Gasteiger partial charge on any atom is 0.293 e. The number of carbonyl (C=O) groups is 2. The lowest BCUT2D eigenvalue weighted by Crippen LogP contribution is -2.39. The number of H-pyrrole nitrogens is 1. The van der Waals surface area contributed by atoms with Gasteiger partial charge in [0.05, 0.1) is 17.4 Å². The van der Waals surface area contributed by atoms with Crippen LogP contribution in [-0.4, -0.2) is 34.3 Å². The summed E-state index contributed by atoms with van der Waals surface area (Å²) < 4.78 is 0. The normalized spacial score (nSPS) is 16.9. The third-order valence-corrected chi connectivity index (χ3v) is 4.93. The monoisotopic (exact) mass is 378 g/mol. The van der Waals surface area contributed by atoms with Gasteiger partial charge >= 0.3 is 0 Å². The minimum Gasteiger partial charge on any atom is -0.361 e. The lowest BCUT2D eigenvalue weighted by molar-refractivity contribution is -0.384. The second kappa shape index (κ2) is 7.24. The average Bonchev–Trinajstić information content (AvgIpc) is 3.22. The molecule has 2 amide bonds. The zero-order valence-corrected chi connectivity index (χ0v) is 14.9. The molecule has 8 nitrogen and oxygen atoms in total. The van der Waals surface area contributed by atoms with Crippen LogP contribution in [0.2, 0.25) is 0 Å². The van der Waals surface area contributed by atoms with Crippen molar-refractivity contribution in [3.8, 4) is 0 Å². The van der Waals surface area contributed by atoms with Gasteiger partial charge in [-0.05, 0) is 24.1 Å². The van der Waals surface area contributed by atoms with Gasteiger partial charge in [0.1, 0.15) is 5.69 Å². The number of rotatable bonds is 6. The minimum atomic E-state index is -0.683. The van der Waals surface area contributed by atoms with Crippen molar-refractivity contribution in [1.82, 2.24) is 10.3 Å². The number of nitrogens with one attached hydrogen (secondary N) is 2. The smallest absolute Gasteiger partial charge is 0.293 e. The van der Waals surface area contributed by atoms with E-state index >= 15 is 0 Å². The SMILES string of the molecule is O=C1C[C@H](NCCc2c[nH]c3ccccc23)C(=O)N1c1ccccc1[N+](=O)[O-]. The summed E-state index contributed by atoms with van der Waals surface area (Å²) in [5.41, 5.74) is 1.93. The van der Waals surface area contributed by atoms with E-state index in [0.717, 1.165) is 21.4 Å². The summed E-state index contributed by atoms with van der Waals surface area (Å²) in [5.74, 6) is -0.901. The molecule has 2 heterocycles. The molecule has 0 radical (unpaired) electrons. The Kier molecular flexibility index (Phi) is 4.62. The van der Waals surface area contributed by atoms with Crippen LogP contribution in [-0.2, 0) is 16.0 Å². The van der Waals surface area contributed by atoms with Gasteiger partial charge in [-0.15, -0.1) is 0 Å². The van der Waals surface area contributed by atoms with Crippen molar-refractivity contribution in [2.24, 2.45) is 0 Å². The Labute approximate surface area is 160 Å². The van der Waals surface area contributed by atoms with Gasteiger partial charge in [-0.2, -0.15) is 0 Å². The maximum absolute atomic E-state index is 12.7. The van der Waals surface area contributed by atoms with Gasteiger partial charge < -0.3 is 10.3 Å². The van der Waals surface area contributed by atoms with Crippen LogP contribution < -0.4 is 10.2 Å². The fourth-order valence-corrected chi connectivity index (χ4v) is 3.57. The minimum absolute atomic E-state index is 0.0151. The fourth-order valence-electron chi connectivity index (χ4n) is 3.57. The number of carbonyl (C=O) groups excluding carboxylic acids is 2. The zero-order valence-electron chi connectivity index (χ0n) is 14.9. The van der Waals surface area contributed by atoms with Crippen molar-refractivity contribution in [3.05, 3.63) is 70.4 Å². The van der Waals surface area contributed by atoms with Crippen LogP contribution in [0, 0.1) is 10.1 Å². The van der Waals surface area contributed by atoms with Gasteiger partial charge in [-0.25, -0.2) is 4.90 Å². The van der Waals surface area contributed by atoms with Gasteiger partial charge in [-0.1, -0.05) is 30.3 Å². The van der Waals surface area contributed by atoms with Crippen LogP contribution in [0.5, 0.6) is 0 Å². The highest BCUT2D eigenvalue weighted by atomic mass is 16.6. The molecule has 2 N–H and O–H groups in total. The van der Waals surface area contributed by atoms with Crippen molar-refractivity contribution < 1.29 is 14.5 Å². The number of hydrogen-bond donors (Lipinski definition) is 2. The third kappa shape index (κ3) is 3.14. The third-order valence-electron chi connectivity index (χ3n) is 4.93. The molecule has 0 bridgehead atoms. The van der Waals surface area contributed by atoms with E-state index in [1.165, 1.54) is 18.2 Å². The molecule has 4 rings (SSSR count). The molecule has 8 heteroatoms. The molecular formula is C20H18N4O4. The first kappa shape index (κ1) is 17.9. The van der Waals surface area contributed by atoms with E-state index < -0.39 is 22.8 Å². The van der Waals surface area contributed by atoms with E-state index in [0.29, 0.717) is 13.0 Å². The Morgan fingerprint density at radius 3 is 2.71 bits per heavy atom. The number of amides is 2. The Hall–Kier alpha value is -3.52. The first-order valence-electron chi connectivity index (χ1n) is 8.95. The van der Waals surface area contributed by atoms with Crippen LogP contribution in [0.3, 0.4) is 0 Å². The quantitative estimate of drug-likeness (QED) is 0.389. The fraction of sp³-hybridized carbons (Fsp3) is 0.200. The summed E-state index contributed by atoms with van der Waals surface area (Å²) >= 11 is 0. The van der Waals surface area contributed by atoms with Gasteiger partial charge in [-0.3, -0.25) is 19.7 Å². The van der Waals surface area contributed by atoms with Crippen molar-refractivity contribution in [2.45, 2.75) is 18.9 Å².